The summed E-state index contributed by atoms with van der Waals surface area (Å²) in [5.74, 6) is -0.291. The molecule has 0 fully saturated rings. The first-order chi connectivity index (χ1) is 9.28. The van der Waals surface area contributed by atoms with E-state index in [9.17, 15) is 4.79 Å². The van der Waals surface area contributed by atoms with Gasteiger partial charge < -0.3 is 10.1 Å². The Labute approximate surface area is 115 Å². The Morgan fingerprint density at radius 2 is 2.21 bits per heavy atom. The van der Waals surface area contributed by atoms with Crippen LogP contribution in [0.1, 0.15) is 12.1 Å². The van der Waals surface area contributed by atoms with Crippen molar-refractivity contribution in [3.05, 3.63) is 54.1 Å². The predicted molar refractivity (Wildman–Crippen MR) is 76.4 cm³/mol. The standard InChI is InChI=1S/C14H14N2O2S/c1-2-6-13(17)18-9-12-10-19-14(16-12)15-11-7-4-3-5-8-11/h2-5,7-8,10H,1,6,9H2,(H,15,16). The number of nitrogens with zero attached hydrogens (tertiary/aromatic N) is 1. The minimum Gasteiger partial charge on any atom is -0.459 e. The third-order valence-electron chi connectivity index (χ3n) is 2.27. The highest BCUT2D eigenvalue weighted by atomic mass is 32.1. The lowest BCUT2D eigenvalue weighted by molar-refractivity contribution is -0.143. The summed E-state index contributed by atoms with van der Waals surface area (Å²) in [6, 6.07) is 9.79. The Morgan fingerprint density at radius 1 is 1.42 bits per heavy atom. The largest absolute Gasteiger partial charge is 0.459 e. The number of aromatic nitrogens is 1. The molecule has 4 nitrogen and oxygen atoms in total. The second-order valence-corrected chi connectivity index (χ2v) is 4.65. The van der Waals surface area contributed by atoms with Crippen molar-refractivity contribution in [2.75, 3.05) is 5.32 Å². The van der Waals surface area contributed by atoms with Crippen molar-refractivity contribution in [1.29, 1.82) is 0 Å². The Bertz CT molecular complexity index is 552. The van der Waals surface area contributed by atoms with Crippen LogP contribution in [0.3, 0.4) is 0 Å². The van der Waals surface area contributed by atoms with E-state index in [1.54, 1.807) is 0 Å². The third-order valence-corrected chi connectivity index (χ3v) is 3.08. The molecule has 1 N–H and O–H groups in total. The van der Waals surface area contributed by atoms with E-state index in [1.807, 2.05) is 35.7 Å². The zero-order valence-electron chi connectivity index (χ0n) is 10.3. The number of rotatable bonds is 6. The SMILES string of the molecule is C=CCC(=O)OCc1csc(Nc2ccccc2)n1. The molecule has 1 heterocycles. The van der Waals surface area contributed by atoms with Crippen LogP contribution in [0.4, 0.5) is 10.8 Å². The summed E-state index contributed by atoms with van der Waals surface area (Å²) in [5, 5.41) is 5.83. The molecule has 19 heavy (non-hydrogen) atoms. The number of thiazole rings is 1. The molecule has 0 unspecified atom stereocenters. The first-order valence-corrected chi connectivity index (χ1v) is 6.69. The normalized spacial score (nSPS) is 9.89. The molecule has 0 atom stereocenters. The summed E-state index contributed by atoms with van der Waals surface area (Å²) in [7, 11) is 0. The quantitative estimate of drug-likeness (QED) is 0.647. The highest BCUT2D eigenvalue weighted by Crippen LogP contribution is 2.20. The van der Waals surface area contributed by atoms with Crippen LogP contribution in [-0.4, -0.2) is 11.0 Å². The Kier molecular flexibility index (Phi) is 4.69. The minimum atomic E-state index is -0.291. The summed E-state index contributed by atoms with van der Waals surface area (Å²) < 4.78 is 5.04. The van der Waals surface area contributed by atoms with Crippen LogP contribution in [0.25, 0.3) is 0 Å². The Hall–Kier alpha value is -2.14. The van der Waals surface area contributed by atoms with Crippen LogP contribution >= 0.6 is 11.3 Å². The fourth-order valence-corrected chi connectivity index (χ4v) is 2.12. The molecule has 0 radical (unpaired) electrons. The molecular formula is C14H14N2O2S. The molecular weight excluding hydrogens is 260 g/mol. The first-order valence-electron chi connectivity index (χ1n) is 5.81. The molecule has 0 aliphatic carbocycles. The lowest BCUT2D eigenvalue weighted by Gasteiger charge is -2.01. The summed E-state index contributed by atoms with van der Waals surface area (Å²) in [5.41, 5.74) is 1.72. The van der Waals surface area contributed by atoms with Gasteiger partial charge in [-0.2, -0.15) is 0 Å². The number of benzene rings is 1. The van der Waals surface area contributed by atoms with Gasteiger partial charge in [0.25, 0.3) is 0 Å². The number of carbonyl (C=O) groups is 1. The van der Waals surface area contributed by atoms with Gasteiger partial charge in [0.05, 0.1) is 12.1 Å². The molecule has 0 saturated heterocycles. The minimum absolute atomic E-state index is 0.194. The van der Waals surface area contributed by atoms with E-state index in [-0.39, 0.29) is 19.0 Å². The van der Waals surface area contributed by atoms with E-state index in [4.69, 9.17) is 4.74 Å². The number of esters is 1. The molecule has 0 amide bonds. The summed E-state index contributed by atoms with van der Waals surface area (Å²) in [6.45, 7) is 3.68. The number of hydrogen-bond acceptors (Lipinski definition) is 5. The van der Waals surface area contributed by atoms with Crippen molar-refractivity contribution in [3.63, 3.8) is 0 Å². The molecule has 5 heteroatoms. The number of para-hydroxylation sites is 1. The first kappa shape index (κ1) is 13.3. The smallest absolute Gasteiger partial charge is 0.310 e. The van der Waals surface area contributed by atoms with Crippen LogP contribution in [0.5, 0.6) is 0 Å². The van der Waals surface area contributed by atoms with Crippen LogP contribution in [0.15, 0.2) is 48.4 Å². The van der Waals surface area contributed by atoms with E-state index in [2.05, 4.69) is 16.9 Å². The van der Waals surface area contributed by atoms with Gasteiger partial charge >= 0.3 is 5.97 Å². The second kappa shape index (κ2) is 6.70. The molecule has 1 aromatic heterocycles. The third kappa shape index (κ3) is 4.22. The molecule has 2 aromatic rings. The Balaban J connectivity index is 1.89. The van der Waals surface area contributed by atoms with Crippen LogP contribution in [0, 0.1) is 0 Å². The summed E-state index contributed by atoms with van der Waals surface area (Å²) in [4.78, 5) is 15.5. The van der Waals surface area contributed by atoms with Gasteiger partial charge in [-0.3, -0.25) is 4.79 Å². The lowest BCUT2D eigenvalue weighted by atomic mass is 10.3. The topological polar surface area (TPSA) is 51.2 Å². The Morgan fingerprint density at radius 3 is 2.95 bits per heavy atom. The molecule has 0 spiro atoms. The monoisotopic (exact) mass is 274 g/mol. The number of anilines is 2. The molecule has 2 rings (SSSR count). The molecule has 1 aromatic carbocycles. The molecule has 0 saturated carbocycles. The fourth-order valence-electron chi connectivity index (χ4n) is 1.41. The van der Waals surface area contributed by atoms with Crippen LogP contribution < -0.4 is 5.32 Å². The van der Waals surface area contributed by atoms with Gasteiger partial charge in [-0.25, -0.2) is 4.98 Å². The van der Waals surface area contributed by atoms with Crippen LogP contribution in [-0.2, 0) is 16.1 Å². The van der Waals surface area contributed by atoms with Crippen molar-refractivity contribution in [2.45, 2.75) is 13.0 Å². The van der Waals surface area contributed by atoms with Gasteiger partial charge in [-0.15, -0.1) is 17.9 Å². The lowest BCUT2D eigenvalue weighted by Crippen LogP contribution is -2.03. The summed E-state index contributed by atoms with van der Waals surface area (Å²) in [6.07, 6.45) is 1.74. The molecule has 0 aliphatic rings. The molecule has 0 aliphatic heterocycles. The van der Waals surface area contributed by atoms with E-state index in [0.717, 1.165) is 16.5 Å². The van der Waals surface area contributed by atoms with Crippen molar-refractivity contribution in [1.82, 2.24) is 4.98 Å². The number of carbonyl (C=O) groups excluding carboxylic acids is 1. The highest BCUT2D eigenvalue weighted by Gasteiger charge is 2.05. The van der Waals surface area contributed by atoms with Crippen molar-refractivity contribution >= 4 is 28.1 Å². The van der Waals surface area contributed by atoms with Gasteiger partial charge in [0.2, 0.25) is 0 Å². The van der Waals surface area contributed by atoms with E-state index < -0.39 is 0 Å². The molecule has 0 bridgehead atoms. The van der Waals surface area contributed by atoms with Crippen molar-refractivity contribution in [2.24, 2.45) is 0 Å². The molecule has 98 valence electrons. The van der Waals surface area contributed by atoms with Gasteiger partial charge in [0, 0.05) is 11.1 Å². The predicted octanol–water partition coefficient (Wildman–Crippen LogP) is 3.51. The average Bonchev–Trinajstić information content (AvgIpc) is 2.86. The van der Waals surface area contributed by atoms with Gasteiger partial charge in [0.1, 0.15) is 6.61 Å². The van der Waals surface area contributed by atoms with Crippen LogP contribution in [0.2, 0.25) is 0 Å². The highest BCUT2D eigenvalue weighted by molar-refractivity contribution is 7.13. The zero-order chi connectivity index (χ0) is 13.5. The summed E-state index contributed by atoms with van der Waals surface area (Å²) >= 11 is 1.48. The fraction of sp³-hybridized carbons (Fsp3) is 0.143. The van der Waals surface area contributed by atoms with E-state index in [0.29, 0.717) is 0 Å². The average molecular weight is 274 g/mol. The maximum Gasteiger partial charge on any atom is 0.310 e. The number of ether oxygens (including phenoxy) is 1. The number of hydrogen-bond donors (Lipinski definition) is 1. The van der Waals surface area contributed by atoms with Crippen molar-refractivity contribution < 1.29 is 9.53 Å². The van der Waals surface area contributed by atoms with Crippen molar-refractivity contribution in [3.8, 4) is 0 Å². The zero-order valence-corrected chi connectivity index (χ0v) is 11.2. The van der Waals surface area contributed by atoms with Gasteiger partial charge in [0.15, 0.2) is 5.13 Å². The van der Waals surface area contributed by atoms with E-state index >= 15 is 0 Å². The maximum absolute atomic E-state index is 11.2. The van der Waals surface area contributed by atoms with Gasteiger partial charge in [-0.05, 0) is 12.1 Å². The number of nitrogens with one attached hydrogen (secondary N) is 1. The van der Waals surface area contributed by atoms with E-state index in [1.165, 1.54) is 17.4 Å². The maximum atomic E-state index is 11.2. The van der Waals surface area contributed by atoms with Gasteiger partial charge in [-0.1, -0.05) is 24.3 Å². The second-order valence-electron chi connectivity index (χ2n) is 3.79.